The minimum atomic E-state index is -0.656. The van der Waals surface area contributed by atoms with E-state index in [-0.39, 0.29) is 5.69 Å². The first-order valence-electron chi connectivity index (χ1n) is 2.52. The molecule has 0 spiro atoms. The SMILES string of the molecule is O=C=Nc1ccnc(F)c1. The molecule has 0 radical (unpaired) electrons. The number of carbonyl (C=O) groups excluding carboxylic acids is 1. The molecule has 50 valence electrons. The predicted molar refractivity (Wildman–Crippen MR) is 32.0 cm³/mol. The second-order valence-corrected chi connectivity index (χ2v) is 1.54. The van der Waals surface area contributed by atoms with Gasteiger partial charge in [0.1, 0.15) is 0 Å². The average molecular weight is 138 g/mol. The van der Waals surface area contributed by atoms with Crippen LogP contribution in [-0.2, 0) is 4.79 Å². The zero-order chi connectivity index (χ0) is 7.40. The van der Waals surface area contributed by atoms with Gasteiger partial charge in [-0.3, -0.25) is 0 Å². The minimum absolute atomic E-state index is 0.225. The van der Waals surface area contributed by atoms with E-state index in [1.807, 2.05) is 0 Å². The van der Waals surface area contributed by atoms with Gasteiger partial charge in [-0.2, -0.15) is 9.38 Å². The van der Waals surface area contributed by atoms with Crippen molar-refractivity contribution >= 4 is 11.8 Å². The Kier molecular flexibility index (Phi) is 1.87. The molecule has 3 nitrogen and oxygen atoms in total. The van der Waals surface area contributed by atoms with Crippen molar-refractivity contribution < 1.29 is 9.18 Å². The summed E-state index contributed by atoms with van der Waals surface area (Å²) in [7, 11) is 0. The number of aliphatic imine (C=N–C) groups is 1. The van der Waals surface area contributed by atoms with Gasteiger partial charge in [0.2, 0.25) is 12.0 Å². The highest BCUT2D eigenvalue weighted by molar-refractivity contribution is 5.47. The molecule has 0 unspecified atom stereocenters. The largest absolute Gasteiger partial charge is 0.240 e. The first kappa shape index (κ1) is 6.58. The maximum Gasteiger partial charge on any atom is 0.240 e. The third kappa shape index (κ3) is 1.47. The molecule has 0 saturated carbocycles. The lowest BCUT2D eigenvalue weighted by atomic mass is 10.4. The minimum Gasteiger partial charge on any atom is -0.228 e. The van der Waals surface area contributed by atoms with E-state index in [0.717, 1.165) is 6.07 Å². The summed E-state index contributed by atoms with van der Waals surface area (Å²) < 4.78 is 12.2. The molecular formula is C6H3FN2O. The van der Waals surface area contributed by atoms with Gasteiger partial charge in [-0.1, -0.05) is 0 Å². The average Bonchev–Trinajstić information content (AvgIpc) is 1.88. The summed E-state index contributed by atoms with van der Waals surface area (Å²) in [6, 6.07) is 2.46. The quantitative estimate of drug-likeness (QED) is 0.332. The molecule has 0 atom stereocenters. The van der Waals surface area contributed by atoms with Crippen molar-refractivity contribution in [1.29, 1.82) is 0 Å². The zero-order valence-electron chi connectivity index (χ0n) is 4.91. The number of hydrogen-bond acceptors (Lipinski definition) is 3. The smallest absolute Gasteiger partial charge is 0.228 e. The van der Waals surface area contributed by atoms with Crippen LogP contribution in [0.4, 0.5) is 10.1 Å². The molecule has 0 aliphatic rings. The Hall–Kier alpha value is -1.54. The third-order valence-corrected chi connectivity index (χ3v) is 0.885. The first-order valence-corrected chi connectivity index (χ1v) is 2.52. The zero-order valence-corrected chi connectivity index (χ0v) is 4.91. The highest BCUT2D eigenvalue weighted by Gasteiger charge is 1.91. The van der Waals surface area contributed by atoms with Gasteiger partial charge < -0.3 is 0 Å². The Bertz CT molecular complexity index is 281. The maximum absolute atomic E-state index is 12.2. The van der Waals surface area contributed by atoms with Crippen LogP contribution in [0.1, 0.15) is 0 Å². The van der Waals surface area contributed by atoms with E-state index < -0.39 is 5.95 Å². The number of aromatic nitrogens is 1. The van der Waals surface area contributed by atoms with Crippen molar-refractivity contribution in [3.63, 3.8) is 0 Å². The Morgan fingerprint density at radius 1 is 1.70 bits per heavy atom. The van der Waals surface area contributed by atoms with Gasteiger partial charge in [-0.05, 0) is 6.07 Å². The number of rotatable bonds is 1. The van der Waals surface area contributed by atoms with Crippen molar-refractivity contribution in [3.05, 3.63) is 24.3 Å². The van der Waals surface area contributed by atoms with Gasteiger partial charge in [-0.25, -0.2) is 9.78 Å². The van der Waals surface area contributed by atoms with Crippen molar-refractivity contribution in [2.75, 3.05) is 0 Å². The summed E-state index contributed by atoms with van der Waals surface area (Å²) in [6.07, 6.45) is 2.52. The standard InChI is InChI=1S/C6H3FN2O/c7-6-3-5(9-4-10)1-2-8-6/h1-3H. The summed E-state index contributed by atoms with van der Waals surface area (Å²) in [6.45, 7) is 0. The molecule has 0 N–H and O–H groups in total. The van der Waals surface area contributed by atoms with E-state index in [1.54, 1.807) is 0 Å². The number of nitrogens with zero attached hydrogens (tertiary/aromatic N) is 2. The molecule has 4 heteroatoms. The monoisotopic (exact) mass is 138 g/mol. The fourth-order valence-electron chi connectivity index (χ4n) is 0.514. The van der Waals surface area contributed by atoms with Crippen LogP contribution in [0.25, 0.3) is 0 Å². The van der Waals surface area contributed by atoms with Gasteiger partial charge in [0.15, 0.2) is 0 Å². The van der Waals surface area contributed by atoms with Crippen LogP contribution in [-0.4, -0.2) is 11.1 Å². The molecule has 0 aromatic carbocycles. The highest BCUT2D eigenvalue weighted by Crippen LogP contribution is 2.08. The molecule has 1 heterocycles. The number of isocyanates is 1. The maximum atomic E-state index is 12.2. The van der Waals surface area contributed by atoms with Crippen molar-refractivity contribution in [3.8, 4) is 0 Å². The van der Waals surface area contributed by atoms with Crippen LogP contribution in [0.3, 0.4) is 0 Å². The second kappa shape index (κ2) is 2.85. The molecule has 0 aliphatic heterocycles. The Labute approximate surface area is 56.2 Å². The van der Waals surface area contributed by atoms with E-state index >= 15 is 0 Å². The van der Waals surface area contributed by atoms with Gasteiger partial charge in [-0.15, -0.1) is 0 Å². The van der Waals surface area contributed by atoms with E-state index in [4.69, 9.17) is 0 Å². The molecular weight excluding hydrogens is 135 g/mol. The Morgan fingerprint density at radius 3 is 3.10 bits per heavy atom. The van der Waals surface area contributed by atoms with E-state index in [0.29, 0.717) is 0 Å². The van der Waals surface area contributed by atoms with E-state index in [9.17, 15) is 9.18 Å². The van der Waals surface area contributed by atoms with Gasteiger partial charge in [0, 0.05) is 12.3 Å². The molecule has 0 fully saturated rings. The van der Waals surface area contributed by atoms with Gasteiger partial charge >= 0.3 is 0 Å². The summed E-state index contributed by atoms with van der Waals surface area (Å²) in [5.74, 6) is -0.656. The lowest BCUT2D eigenvalue weighted by Gasteiger charge is -1.86. The van der Waals surface area contributed by atoms with Crippen molar-refractivity contribution in [2.24, 2.45) is 4.99 Å². The summed E-state index contributed by atoms with van der Waals surface area (Å²) in [5, 5.41) is 0. The topological polar surface area (TPSA) is 42.3 Å². The normalized spacial score (nSPS) is 8.50. The number of halogens is 1. The third-order valence-electron chi connectivity index (χ3n) is 0.885. The summed E-state index contributed by atoms with van der Waals surface area (Å²) in [5.41, 5.74) is 0.225. The second-order valence-electron chi connectivity index (χ2n) is 1.54. The molecule has 1 rings (SSSR count). The van der Waals surface area contributed by atoms with Crippen LogP contribution in [0.2, 0.25) is 0 Å². The lowest BCUT2D eigenvalue weighted by Crippen LogP contribution is -1.77. The summed E-state index contributed by atoms with van der Waals surface area (Å²) >= 11 is 0. The van der Waals surface area contributed by atoms with Crippen molar-refractivity contribution in [1.82, 2.24) is 4.98 Å². The fourth-order valence-corrected chi connectivity index (χ4v) is 0.514. The van der Waals surface area contributed by atoms with Gasteiger partial charge in [0.05, 0.1) is 5.69 Å². The summed E-state index contributed by atoms with van der Waals surface area (Å²) in [4.78, 5) is 16.1. The van der Waals surface area contributed by atoms with Crippen LogP contribution in [0.5, 0.6) is 0 Å². The van der Waals surface area contributed by atoms with E-state index in [2.05, 4.69) is 9.98 Å². The number of hydrogen-bond donors (Lipinski definition) is 0. The first-order chi connectivity index (χ1) is 4.83. The molecule has 1 aromatic heterocycles. The Balaban J connectivity index is 3.06. The van der Waals surface area contributed by atoms with Crippen LogP contribution >= 0.6 is 0 Å². The molecule has 0 aliphatic carbocycles. The predicted octanol–water partition coefficient (Wildman–Crippen LogP) is 1.19. The fraction of sp³-hybridized carbons (Fsp3) is 0. The van der Waals surface area contributed by atoms with E-state index in [1.165, 1.54) is 18.3 Å². The molecule has 0 amide bonds. The van der Waals surface area contributed by atoms with Gasteiger partial charge in [0.25, 0.3) is 0 Å². The van der Waals surface area contributed by atoms with Crippen molar-refractivity contribution in [2.45, 2.75) is 0 Å². The Morgan fingerprint density at radius 2 is 2.50 bits per heavy atom. The highest BCUT2D eigenvalue weighted by atomic mass is 19.1. The molecule has 1 aromatic rings. The lowest BCUT2D eigenvalue weighted by molar-refractivity contribution is 0.565. The van der Waals surface area contributed by atoms with Crippen LogP contribution in [0.15, 0.2) is 23.3 Å². The van der Waals surface area contributed by atoms with Crippen LogP contribution in [0, 0.1) is 5.95 Å². The number of pyridine rings is 1. The molecule has 10 heavy (non-hydrogen) atoms. The van der Waals surface area contributed by atoms with Crippen LogP contribution < -0.4 is 0 Å². The molecule has 0 saturated heterocycles. The molecule has 0 bridgehead atoms.